The van der Waals surface area contributed by atoms with Gasteiger partial charge in [-0.2, -0.15) is 0 Å². The van der Waals surface area contributed by atoms with Crippen molar-refractivity contribution in [3.05, 3.63) is 75.0 Å². The molecule has 28 heavy (non-hydrogen) atoms. The van der Waals surface area contributed by atoms with Crippen LogP contribution in [0.15, 0.2) is 47.1 Å². The number of carbonyl (C=O) groups is 2. The molecule has 144 valence electrons. The van der Waals surface area contributed by atoms with Crippen LogP contribution in [0.25, 0.3) is 0 Å². The molecule has 1 aliphatic rings. The number of aryl methyl sites for hydroxylation is 1. The summed E-state index contributed by atoms with van der Waals surface area (Å²) in [7, 11) is 0. The van der Waals surface area contributed by atoms with Crippen molar-refractivity contribution in [2.45, 2.75) is 32.2 Å². The number of hydrogen-bond donors (Lipinski definition) is 2. The number of thiophene rings is 1. The van der Waals surface area contributed by atoms with Crippen molar-refractivity contribution >= 4 is 39.8 Å². The van der Waals surface area contributed by atoms with E-state index in [1.807, 2.05) is 6.07 Å². The molecule has 5 nitrogen and oxygen atoms in total. The largest absolute Gasteiger partial charge is 0.467 e. The summed E-state index contributed by atoms with van der Waals surface area (Å²) in [5.74, 6) is 0.161. The molecule has 0 saturated carbocycles. The third kappa shape index (κ3) is 3.84. The van der Waals surface area contributed by atoms with Crippen LogP contribution < -0.4 is 10.6 Å². The van der Waals surface area contributed by atoms with Gasteiger partial charge in [-0.05, 0) is 55.5 Å². The lowest BCUT2D eigenvalue weighted by molar-refractivity contribution is 0.0948. The van der Waals surface area contributed by atoms with Gasteiger partial charge in [-0.1, -0.05) is 23.7 Å². The molecule has 1 aliphatic carbocycles. The summed E-state index contributed by atoms with van der Waals surface area (Å²) in [4.78, 5) is 26.9. The number of anilines is 1. The minimum absolute atomic E-state index is 0.203. The Morgan fingerprint density at radius 2 is 1.89 bits per heavy atom. The predicted molar refractivity (Wildman–Crippen MR) is 110 cm³/mol. The quantitative estimate of drug-likeness (QED) is 0.613. The van der Waals surface area contributed by atoms with Gasteiger partial charge < -0.3 is 15.1 Å². The van der Waals surface area contributed by atoms with Crippen molar-refractivity contribution in [1.82, 2.24) is 5.32 Å². The number of furan rings is 1. The third-order valence-corrected chi connectivity index (χ3v) is 6.28. The Morgan fingerprint density at radius 1 is 1.07 bits per heavy atom. The molecule has 0 fully saturated rings. The van der Waals surface area contributed by atoms with E-state index in [2.05, 4.69) is 10.6 Å². The predicted octanol–water partition coefficient (Wildman–Crippen LogP) is 5.06. The number of carbonyl (C=O) groups excluding carboxylic acids is 2. The molecule has 2 N–H and O–H groups in total. The number of rotatable bonds is 5. The monoisotopic (exact) mass is 414 g/mol. The van der Waals surface area contributed by atoms with Gasteiger partial charge in [0.2, 0.25) is 0 Å². The van der Waals surface area contributed by atoms with Gasteiger partial charge in [-0.15, -0.1) is 11.3 Å². The third-order valence-electron chi connectivity index (χ3n) is 4.75. The molecule has 0 bridgehead atoms. The van der Waals surface area contributed by atoms with E-state index in [0.29, 0.717) is 33.5 Å². The van der Waals surface area contributed by atoms with E-state index >= 15 is 0 Å². The Morgan fingerprint density at radius 3 is 2.68 bits per heavy atom. The van der Waals surface area contributed by atoms with Crippen LogP contribution in [0, 0.1) is 0 Å². The number of benzene rings is 1. The molecule has 2 aromatic heterocycles. The van der Waals surface area contributed by atoms with Gasteiger partial charge in [-0.3, -0.25) is 9.59 Å². The summed E-state index contributed by atoms with van der Waals surface area (Å²) in [5, 5.41) is 6.77. The fraction of sp³-hybridized carbons (Fsp3) is 0.238. The average Bonchev–Trinajstić information content (AvgIpc) is 3.33. The fourth-order valence-corrected chi connectivity index (χ4v) is 4.88. The van der Waals surface area contributed by atoms with Crippen LogP contribution in [-0.4, -0.2) is 11.8 Å². The van der Waals surface area contributed by atoms with E-state index in [1.165, 1.54) is 16.2 Å². The molecule has 2 heterocycles. The van der Waals surface area contributed by atoms with Gasteiger partial charge in [0, 0.05) is 4.88 Å². The zero-order valence-electron chi connectivity index (χ0n) is 15.1. The number of nitrogens with one attached hydrogen (secondary N) is 2. The molecule has 0 atom stereocenters. The van der Waals surface area contributed by atoms with E-state index in [-0.39, 0.29) is 11.8 Å². The Kier molecular flexibility index (Phi) is 5.50. The van der Waals surface area contributed by atoms with Crippen molar-refractivity contribution in [2.75, 3.05) is 5.32 Å². The number of amides is 2. The highest BCUT2D eigenvalue weighted by Gasteiger charge is 2.27. The lowest BCUT2D eigenvalue weighted by Crippen LogP contribution is -2.25. The van der Waals surface area contributed by atoms with E-state index in [4.69, 9.17) is 16.0 Å². The maximum Gasteiger partial charge on any atom is 0.257 e. The van der Waals surface area contributed by atoms with Crippen LogP contribution in [0.5, 0.6) is 0 Å². The van der Waals surface area contributed by atoms with Gasteiger partial charge in [0.1, 0.15) is 10.8 Å². The van der Waals surface area contributed by atoms with Crippen LogP contribution in [0.3, 0.4) is 0 Å². The Balaban J connectivity index is 1.61. The van der Waals surface area contributed by atoms with E-state index in [0.717, 1.165) is 31.2 Å². The van der Waals surface area contributed by atoms with Gasteiger partial charge >= 0.3 is 0 Å². The topological polar surface area (TPSA) is 71.3 Å². The molecule has 2 amide bonds. The number of hydrogen-bond acceptors (Lipinski definition) is 4. The molecule has 3 aromatic rings. The maximum atomic E-state index is 13.0. The molecule has 4 rings (SSSR count). The van der Waals surface area contributed by atoms with Crippen molar-refractivity contribution in [2.24, 2.45) is 0 Å². The molecule has 0 aliphatic heterocycles. The second kappa shape index (κ2) is 8.20. The molecule has 7 heteroatoms. The molecule has 0 saturated heterocycles. The van der Waals surface area contributed by atoms with Gasteiger partial charge in [-0.25, -0.2) is 0 Å². The summed E-state index contributed by atoms with van der Waals surface area (Å²) in [6.07, 6.45) is 5.49. The lowest BCUT2D eigenvalue weighted by atomic mass is 9.95. The second-order valence-corrected chi connectivity index (χ2v) is 8.12. The van der Waals surface area contributed by atoms with Gasteiger partial charge in [0.15, 0.2) is 0 Å². The molecular formula is C21H19ClN2O3S. The summed E-state index contributed by atoms with van der Waals surface area (Å²) in [5.41, 5.74) is 1.99. The smallest absolute Gasteiger partial charge is 0.257 e. The highest BCUT2D eigenvalue weighted by atomic mass is 35.5. The highest BCUT2D eigenvalue weighted by molar-refractivity contribution is 7.17. The maximum absolute atomic E-state index is 13.0. The lowest BCUT2D eigenvalue weighted by Gasteiger charge is -2.13. The number of halogens is 1. The van der Waals surface area contributed by atoms with Crippen LogP contribution >= 0.6 is 22.9 Å². The van der Waals surface area contributed by atoms with Crippen molar-refractivity contribution in [3.8, 4) is 0 Å². The first-order valence-corrected chi connectivity index (χ1v) is 10.3. The molecule has 0 unspecified atom stereocenters. The number of fused-ring (bicyclic) bond motifs is 1. The minimum atomic E-state index is -0.315. The molecule has 0 radical (unpaired) electrons. The minimum Gasteiger partial charge on any atom is -0.467 e. The summed E-state index contributed by atoms with van der Waals surface area (Å²) in [6, 6.07) is 10.5. The standard InChI is InChI=1S/C21H19ClN2O3S/c22-16-9-3-1-7-14(16)19(25)24-21-18(15-8-2-4-10-17(15)28-21)20(26)23-12-13-6-5-11-27-13/h1,3,5-7,9,11H,2,4,8,10,12H2,(H,23,26)(H,24,25). The molecular weight excluding hydrogens is 396 g/mol. The Labute approximate surface area is 171 Å². The Hall–Kier alpha value is -2.57. The van der Waals surface area contributed by atoms with Crippen LogP contribution in [-0.2, 0) is 19.4 Å². The Bertz CT molecular complexity index is 1010. The SMILES string of the molecule is O=C(Nc1sc2c(c1C(=O)NCc1ccco1)CCCC2)c1ccccc1Cl. The van der Waals surface area contributed by atoms with Gasteiger partial charge in [0.25, 0.3) is 11.8 Å². The van der Waals surface area contributed by atoms with E-state index in [1.54, 1.807) is 36.6 Å². The summed E-state index contributed by atoms with van der Waals surface area (Å²) < 4.78 is 5.28. The van der Waals surface area contributed by atoms with Crippen molar-refractivity contribution in [3.63, 3.8) is 0 Å². The normalized spacial score (nSPS) is 13.0. The first-order valence-electron chi connectivity index (χ1n) is 9.14. The van der Waals surface area contributed by atoms with E-state index in [9.17, 15) is 9.59 Å². The van der Waals surface area contributed by atoms with Gasteiger partial charge in [0.05, 0.1) is 29.0 Å². The highest BCUT2D eigenvalue weighted by Crippen LogP contribution is 2.38. The molecule has 0 spiro atoms. The van der Waals surface area contributed by atoms with E-state index < -0.39 is 0 Å². The zero-order valence-corrected chi connectivity index (χ0v) is 16.7. The van der Waals surface area contributed by atoms with Crippen LogP contribution in [0.2, 0.25) is 5.02 Å². The first kappa shape index (κ1) is 18.8. The van der Waals surface area contributed by atoms with Crippen molar-refractivity contribution in [1.29, 1.82) is 0 Å². The van der Waals surface area contributed by atoms with Crippen molar-refractivity contribution < 1.29 is 14.0 Å². The summed E-state index contributed by atoms with van der Waals surface area (Å²) in [6.45, 7) is 0.300. The van der Waals surface area contributed by atoms with Crippen LogP contribution in [0.4, 0.5) is 5.00 Å². The zero-order chi connectivity index (χ0) is 19.5. The molecule has 1 aromatic carbocycles. The average molecular weight is 415 g/mol. The van der Waals surface area contributed by atoms with Crippen LogP contribution in [0.1, 0.15) is 49.8 Å². The fourth-order valence-electron chi connectivity index (χ4n) is 3.38. The second-order valence-electron chi connectivity index (χ2n) is 6.61. The first-order chi connectivity index (χ1) is 13.6. The summed E-state index contributed by atoms with van der Waals surface area (Å²) >= 11 is 7.63.